The summed E-state index contributed by atoms with van der Waals surface area (Å²) in [7, 11) is 0. The van der Waals surface area contributed by atoms with Crippen LogP contribution in [0.2, 0.25) is 0 Å². The highest BCUT2D eigenvalue weighted by atomic mass is 15.2. The van der Waals surface area contributed by atoms with Gasteiger partial charge in [-0.05, 0) is 81.5 Å². The molecule has 0 spiro atoms. The fourth-order valence-corrected chi connectivity index (χ4v) is 4.94. The molecular formula is C25H28N4. The van der Waals surface area contributed by atoms with Gasteiger partial charge in [-0.2, -0.15) is 5.26 Å². The highest BCUT2D eigenvalue weighted by Crippen LogP contribution is 2.44. The first-order chi connectivity index (χ1) is 13.8. The Morgan fingerprint density at radius 1 is 1.28 bits per heavy atom. The molecule has 3 aromatic rings. The van der Waals surface area contributed by atoms with Gasteiger partial charge in [0.25, 0.3) is 0 Å². The molecular weight excluding hydrogens is 356 g/mol. The van der Waals surface area contributed by atoms with E-state index < -0.39 is 0 Å². The first-order valence-corrected chi connectivity index (χ1v) is 10.3. The van der Waals surface area contributed by atoms with Crippen LogP contribution < -0.4 is 4.90 Å². The van der Waals surface area contributed by atoms with Crippen LogP contribution in [0.4, 0.5) is 5.69 Å². The molecule has 1 aliphatic heterocycles. The van der Waals surface area contributed by atoms with E-state index in [9.17, 15) is 5.26 Å². The van der Waals surface area contributed by atoms with E-state index in [2.05, 4.69) is 73.8 Å². The van der Waals surface area contributed by atoms with Crippen molar-refractivity contribution in [3.8, 4) is 6.07 Å². The Morgan fingerprint density at radius 2 is 2.03 bits per heavy atom. The van der Waals surface area contributed by atoms with Gasteiger partial charge in [-0.3, -0.25) is 0 Å². The Balaban J connectivity index is 1.76. The van der Waals surface area contributed by atoms with E-state index in [1.165, 1.54) is 11.3 Å². The molecule has 0 bridgehead atoms. The van der Waals surface area contributed by atoms with E-state index in [0.29, 0.717) is 23.4 Å². The summed E-state index contributed by atoms with van der Waals surface area (Å²) in [5, 5.41) is 9.75. The summed E-state index contributed by atoms with van der Waals surface area (Å²) in [5.74, 6) is 1.09. The minimum atomic E-state index is 0.129. The van der Waals surface area contributed by atoms with Crippen LogP contribution in [-0.4, -0.2) is 21.5 Å². The second-order valence-electron chi connectivity index (χ2n) is 8.97. The monoisotopic (exact) mass is 384 g/mol. The summed E-state index contributed by atoms with van der Waals surface area (Å²) in [4.78, 5) is 10.4. The normalized spacial score (nSPS) is 18.7. The lowest BCUT2D eigenvalue weighted by molar-refractivity contribution is 0.356. The van der Waals surface area contributed by atoms with Gasteiger partial charge in [0.05, 0.1) is 16.6 Å². The third-order valence-corrected chi connectivity index (χ3v) is 5.89. The molecule has 148 valence electrons. The van der Waals surface area contributed by atoms with E-state index in [1.807, 2.05) is 30.3 Å². The van der Waals surface area contributed by atoms with Crippen molar-refractivity contribution < 1.29 is 0 Å². The second kappa shape index (κ2) is 7.08. The lowest BCUT2D eigenvalue weighted by Crippen LogP contribution is -2.51. The second-order valence-corrected chi connectivity index (χ2v) is 8.97. The van der Waals surface area contributed by atoms with E-state index in [1.54, 1.807) is 0 Å². The number of hydrogen-bond acceptors (Lipinski definition) is 3. The van der Waals surface area contributed by atoms with Crippen molar-refractivity contribution in [3.05, 3.63) is 59.4 Å². The highest BCUT2D eigenvalue weighted by molar-refractivity contribution is 5.90. The third kappa shape index (κ3) is 3.42. The molecule has 0 aliphatic carbocycles. The number of rotatable bonds is 3. The van der Waals surface area contributed by atoms with Crippen LogP contribution in [0.5, 0.6) is 0 Å². The number of anilines is 1. The number of para-hydroxylation sites is 2. The van der Waals surface area contributed by atoms with Crippen LogP contribution in [0, 0.1) is 11.3 Å². The smallest absolute Gasteiger partial charge is 0.149 e. The molecule has 29 heavy (non-hydrogen) atoms. The molecule has 4 heteroatoms. The quantitative estimate of drug-likeness (QED) is 0.553. The minimum Gasteiger partial charge on any atom is -0.364 e. The number of nitriles is 1. The van der Waals surface area contributed by atoms with Gasteiger partial charge >= 0.3 is 0 Å². The van der Waals surface area contributed by atoms with E-state index in [4.69, 9.17) is 0 Å². The van der Waals surface area contributed by atoms with Gasteiger partial charge in [0, 0.05) is 17.3 Å². The predicted octanol–water partition coefficient (Wildman–Crippen LogP) is 6.13. The first kappa shape index (κ1) is 19.3. The molecule has 1 aliphatic rings. The lowest BCUT2D eigenvalue weighted by atomic mass is 9.79. The maximum absolute atomic E-state index is 9.75. The fraction of sp³-hybridized carbons (Fsp3) is 0.360. The third-order valence-electron chi connectivity index (χ3n) is 5.89. The molecule has 0 radical (unpaired) electrons. The van der Waals surface area contributed by atoms with Crippen LogP contribution in [0.25, 0.3) is 22.7 Å². The SMILES string of the molecule is CC(C)N1c2ccc(/C=C(/C#N)c3nc4ccccc4[nH]3)cc2[C@@H](C)CC1(C)C. The van der Waals surface area contributed by atoms with Crippen molar-refractivity contribution in [3.63, 3.8) is 0 Å². The molecule has 0 fully saturated rings. The van der Waals surface area contributed by atoms with Crippen molar-refractivity contribution in [2.24, 2.45) is 0 Å². The van der Waals surface area contributed by atoms with Gasteiger partial charge in [-0.1, -0.05) is 25.1 Å². The van der Waals surface area contributed by atoms with Crippen molar-refractivity contribution in [2.75, 3.05) is 4.90 Å². The number of nitrogens with one attached hydrogen (secondary N) is 1. The zero-order chi connectivity index (χ0) is 20.8. The Bertz CT molecular complexity index is 1090. The van der Waals surface area contributed by atoms with Gasteiger partial charge in [-0.25, -0.2) is 4.98 Å². The number of allylic oxidation sites excluding steroid dienone is 1. The molecule has 0 unspecified atom stereocenters. The maximum atomic E-state index is 9.75. The van der Waals surface area contributed by atoms with Crippen LogP contribution in [-0.2, 0) is 0 Å². The number of fused-ring (bicyclic) bond motifs is 2. The van der Waals surface area contributed by atoms with Crippen molar-refractivity contribution in [1.29, 1.82) is 5.26 Å². The van der Waals surface area contributed by atoms with Crippen LogP contribution in [0.3, 0.4) is 0 Å². The molecule has 0 amide bonds. The summed E-state index contributed by atoms with van der Waals surface area (Å²) in [5.41, 5.74) is 6.19. The van der Waals surface area contributed by atoms with Gasteiger partial charge < -0.3 is 9.88 Å². The summed E-state index contributed by atoms with van der Waals surface area (Å²) in [6.45, 7) is 11.5. The topological polar surface area (TPSA) is 55.7 Å². The maximum Gasteiger partial charge on any atom is 0.149 e. The zero-order valence-corrected chi connectivity index (χ0v) is 17.8. The molecule has 2 aromatic carbocycles. The Kier molecular flexibility index (Phi) is 4.70. The molecule has 4 nitrogen and oxygen atoms in total. The van der Waals surface area contributed by atoms with Gasteiger partial charge in [-0.15, -0.1) is 0 Å². The minimum absolute atomic E-state index is 0.129. The van der Waals surface area contributed by atoms with Crippen molar-refractivity contribution in [2.45, 2.75) is 58.5 Å². The average Bonchev–Trinajstić information content (AvgIpc) is 3.09. The Labute approximate surface area is 172 Å². The molecule has 0 saturated heterocycles. The number of imidazole rings is 1. The number of benzene rings is 2. The molecule has 1 N–H and O–H groups in total. The fourth-order valence-electron chi connectivity index (χ4n) is 4.94. The number of H-pyrrole nitrogens is 1. The van der Waals surface area contributed by atoms with Crippen LogP contribution in [0.1, 0.15) is 63.9 Å². The first-order valence-electron chi connectivity index (χ1n) is 10.3. The van der Waals surface area contributed by atoms with Crippen LogP contribution >= 0.6 is 0 Å². The lowest BCUT2D eigenvalue weighted by Gasteiger charge is -2.50. The zero-order valence-electron chi connectivity index (χ0n) is 17.8. The van der Waals surface area contributed by atoms with Gasteiger partial charge in [0.2, 0.25) is 0 Å². The Hall–Kier alpha value is -3.06. The van der Waals surface area contributed by atoms with Gasteiger partial charge in [0.15, 0.2) is 0 Å². The highest BCUT2D eigenvalue weighted by Gasteiger charge is 2.37. The van der Waals surface area contributed by atoms with Crippen molar-refractivity contribution >= 4 is 28.4 Å². The van der Waals surface area contributed by atoms with E-state index >= 15 is 0 Å². The molecule has 1 atom stereocenters. The molecule has 0 saturated carbocycles. The molecule has 1 aromatic heterocycles. The molecule has 4 rings (SSSR count). The number of aromatic amines is 1. The number of nitrogens with zero attached hydrogens (tertiary/aromatic N) is 3. The summed E-state index contributed by atoms with van der Waals surface area (Å²) in [6, 6.07) is 17.2. The van der Waals surface area contributed by atoms with Crippen molar-refractivity contribution in [1.82, 2.24) is 9.97 Å². The largest absolute Gasteiger partial charge is 0.364 e. The summed E-state index contributed by atoms with van der Waals surface area (Å²) >= 11 is 0. The van der Waals surface area contributed by atoms with E-state index in [0.717, 1.165) is 23.0 Å². The molecule has 2 heterocycles. The number of aromatic nitrogens is 2. The standard InChI is InChI=1S/C25H28N4/c1-16(2)29-23-11-10-18(13-20(23)17(3)14-25(29,4)5)12-19(15-26)24-27-21-8-6-7-9-22(21)28-24/h6-13,16-17H,14H2,1-5H3,(H,27,28)/b19-12-/t17-/m0/s1. The average molecular weight is 385 g/mol. The van der Waals surface area contributed by atoms with E-state index in [-0.39, 0.29) is 5.54 Å². The predicted molar refractivity (Wildman–Crippen MR) is 121 cm³/mol. The number of hydrogen-bond donors (Lipinski definition) is 1. The van der Waals surface area contributed by atoms with Gasteiger partial charge in [0.1, 0.15) is 11.9 Å². The Morgan fingerprint density at radius 3 is 2.72 bits per heavy atom. The summed E-state index contributed by atoms with van der Waals surface area (Å²) in [6.07, 6.45) is 3.05. The van der Waals surface area contributed by atoms with Crippen LogP contribution in [0.15, 0.2) is 42.5 Å². The summed E-state index contributed by atoms with van der Waals surface area (Å²) < 4.78 is 0.